The smallest absolute Gasteiger partial charge is 0.238 e. The summed E-state index contributed by atoms with van der Waals surface area (Å²) in [5.74, 6) is -0.0303. The van der Waals surface area contributed by atoms with Crippen molar-refractivity contribution in [2.24, 2.45) is 0 Å². The standard InChI is InChI=1S/C22H28ClN3O2/c1-17(19-4-3-5-20(23)14-19)25(2)16-22(27)24-21-8-6-18(7-9-21)15-26-10-12-28-13-11-26/h3-9,14,17H,10-13,15-16H2,1-2H3,(H,24,27). The highest BCUT2D eigenvalue weighted by Crippen LogP contribution is 2.21. The van der Waals surface area contributed by atoms with Gasteiger partial charge in [0.2, 0.25) is 5.91 Å². The maximum atomic E-state index is 12.4. The molecule has 0 aliphatic carbocycles. The van der Waals surface area contributed by atoms with Gasteiger partial charge in [0.1, 0.15) is 0 Å². The molecule has 1 aliphatic heterocycles. The average Bonchev–Trinajstić information content (AvgIpc) is 2.69. The van der Waals surface area contributed by atoms with Gasteiger partial charge in [0.05, 0.1) is 19.8 Å². The van der Waals surface area contributed by atoms with Crippen molar-refractivity contribution in [2.45, 2.75) is 19.5 Å². The zero-order valence-corrected chi connectivity index (χ0v) is 17.3. The van der Waals surface area contributed by atoms with Crippen LogP contribution in [0.15, 0.2) is 48.5 Å². The van der Waals surface area contributed by atoms with Crippen LogP contribution in [-0.4, -0.2) is 55.6 Å². The fourth-order valence-electron chi connectivity index (χ4n) is 3.30. The van der Waals surface area contributed by atoms with E-state index in [1.54, 1.807) is 0 Å². The first-order valence-electron chi connectivity index (χ1n) is 9.66. The lowest BCUT2D eigenvalue weighted by atomic mass is 10.1. The minimum Gasteiger partial charge on any atom is -0.379 e. The molecular weight excluding hydrogens is 374 g/mol. The second-order valence-electron chi connectivity index (χ2n) is 7.28. The van der Waals surface area contributed by atoms with E-state index in [9.17, 15) is 4.79 Å². The third kappa shape index (κ3) is 6.04. The second-order valence-corrected chi connectivity index (χ2v) is 7.72. The molecule has 2 aromatic carbocycles. The number of morpholine rings is 1. The van der Waals surface area contributed by atoms with Gasteiger partial charge in [-0.15, -0.1) is 0 Å². The van der Waals surface area contributed by atoms with Crippen molar-refractivity contribution >= 4 is 23.2 Å². The first-order valence-corrected chi connectivity index (χ1v) is 10.0. The number of hydrogen-bond donors (Lipinski definition) is 1. The number of ether oxygens (including phenoxy) is 1. The number of amides is 1. The molecule has 0 saturated carbocycles. The van der Waals surface area contributed by atoms with E-state index in [-0.39, 0.29) is 11.9 Å². The monoisotopic (exact) mass is 401 g/mol. The Labute approximate surface area is 172 Å². The average molecular weight is 402 g/mol. The lowest BCUT2D eigenvalue weighted by molar-refractivity contribution is -0.117. The van der Waals surface area contributed by atoms with Gasteiger partial charge in [0.15, 0.2) is 0 Å². The van der Waals surface area contributed by atoms with Crippen LogP contribution < -0.4 is 5.32 Å². The van der Waals surface area contributed by atoms with Gasteiger partial charge in [0, 0.05) is 36.4 Å². The minimum atomic E-state index is -0.0303. The van der Waals surface area contributed by atoms with Gasteiger partial charge in [-0.05, 0) is 49.4 Å². The lowest BCUT2D eigenvalue weighted by Gasteiger charge is -2.26. The maximum absolute atomic E-state index is 12.4. The van der Waals surface area contributed by atoms with Crippen LogP contribution in [0, 0.1) is 0 Å². The molecule has 28 heavy (non-hydrogen) atoms. The maximum Gasteiger partial charge on any atom is 0.238 e. The molecule has 0 bridgehead atoms. The summed E-state index contributed by atoms with van der Waals surface area (Å²) in [7, 11) is 1.94. The quantitative estimate of drug-likeness (QED) is 0.766. The summed E-state index contributed by atoms with van der Waals surface area (Å²) in [5, 5.41) is 3.69. The van der Waals surface area contributed by atoms with Gasteiger partial charge < -0.3 is 10.1 Å². The van der Waals surface area contributed by atoms with Crippen molar-refractivity contribution < 1.29 is 9.53 Å². The van der Waals surface area contributed by atoms with E-state index in [1.165, 1.54) is 5.56 Å². The third-order valence-corrected chi connectivity index (χ3v) is 5.37. The number of halogens is 1. The molecule has 1 N–H and O–H groups in total. The minimum absolute atomic E-state index is 0.0303. The van der Waals surface area contributed by atoms with Crippen LogP contribution in [0.4, 0.5) is 5.69 Å². The first-order chi connectivity index (χ1) is 13.5. The number of benzene rings is 2. The molecule has 0 spiro atoms. The second kappa shape index (κ2) is 10.0. The molecule has 1 atom stereocenters. The number of rotatable bonds is 7. The molecule has 1 fully saturated rings. The largest absolute Gasteiger partial charge is 0.379 e. The van der Waals surface area contributed by atoms with Crippen molar-refractivity contribution in [3.05, 3.63) is 64.7 Å². The van der Waals surface area contributed by atoms with Crippen molar-refractivity contribution in [1.29, 1.82) is 0 Å². The van der Waals surface area contributed by atoms with Crippen LogP contribution in [0.1, 0.15) is 24.1 Å². The van der Waals surface area contributed by atoms with Crippen LogP contribution in [0.25, 0.3) is 0 Å². The predicted octanol–water partition coefficient (Wildman–Crippen LogP) is 3.80. The van der Waals surface area contributed by atoms with Crippen molar-refractivity contribution in [3.8, 4) is 0 Å². The SMILES string of the molecule is CC(c1cccc(Cl)c1)N(C)CC(=O)Nc1ccc(CN2CCOCC2)cc1. The van der Waals surface area contributed by atoms with E-state index in [4.69, 9.17) is 16.3 Å². The highest BCUT2D eigenvalue weighted by atomic mass is 35.5. The summed E-state index contributed by atoms with van der Waals surface area (Å²) < 4.78 is 5.38. The van der Waals surface area contributed by atoms with E-state index in [0.717, 1.165) is 44.1 Å². The van der Waals surface area contributed by atoms with Crippen LogP contribution in [0.3, 0.4) is 0 Å². The van der Waals surface area contributed by atoms with E-state index in [0.29, 0.717) is 11.6 Å². The molecule has 1 saturated heterocycles. The molecule has 6 heteroatoms. The number of carbonyl (C=O) groups is 1. The number of nitrogens with zero attached hydrogens (tertiary/aromatic N) is 2. The highest BCUT2D eigenvalue weighted by molar-refractivity contribution is 6.30. The predicted molar refractivity (Wildman–Crippen MR) is 114 cm³/mol. The molecule has 1 aliphatic rings. The molecule has 1 unspecified atom stereocenters. The third-order valence-electron chi connectivity index (χ3n) is 5.13. The summed E-state index contributed by atoms with van der Waals surface area (Å²) in [6, 6.07) is 15.9. The molecule has 1 amide bonds. The summed E-state index contributed by atoms with van der Waals surface area (Å²) in [6.07, 6.45) is 0. The molecule has 0 aromatic heterocycles. The summed E-state index contributed by atoms with van der Waals surface area (Å²) in [5.41, 5.74) is 3.15. The van der Waals surface area contributed by atoms with E-state index in [1.807, 2.05) is 48.3 Å². The fraction of sp³-hybridized carbons (Fsp3) is 0.409. The van der Waals surface area contributed by atoms with Crippen LogP contribution in [0.2, 0.25) is 5.02 Å². The van der Waals surface area contributed by atoms with Crippen molar-refractivity contribution in [2.75, 3.05) is 45.2 Å². The topological polar surface area (TPSA) is 44.8 Å². The van der Waals surface area contributed by atoms with E-state index in [2.05, 4.69) is 29.3 Å². The van der Waals surface area contributed by atoms with Gasteiger partial charge in [-0.25, -0.2) is 0 Å². The van der Waals surface area contributed by atoms with Gasteiger partial charge in [0.25, 0.3) is 0 Å². The molecule has 150 valence electrons. The van der Waals surface area contributed by atoms with E-state index < -0.39 is 0 Å². The Morgan fingerprint density at radius 2 is 1.93 bits per heavy atom. The molecule has 3 rings (SSSR count). The van der Waals surface area contributed by atoms with Gasteiger partial charge in [-0.2, -0.15) is 0 Å². The molecule has 5 nitrogen and oxygen atoms in total. The molecular formula is C22H28ClN3O2. The van der Waals surface area contributed by atoms with Crippen molar-refractivity contribution in [3.63, 3.8) is 0 Å². The van der Waals surface area contributed by atoms with Gasteiger partial charge in [-0.3, -0.25) is 14.6 Å². The summed E-state index contributed by atoms with van der Waals surface area (Å²) >= 11 is 6.07. The number of carbonyl (C=O) groups excluding carboxylic acids is 1. The Kier molecular flexibility index (Phi) is 7.45. The Balaban J connectivity index is 1.49. The Morgan fingerprint density at radius 1 is 1.21 bits per heavy atom. The summed E-state index contributed by atoms with van der Waals surface area (Å²) in [4.78, 5) is 16.8. The fourth-order valence-corrected chi connectivity index (χ4v) is 3.49. The molecule has 1 heterocycles. The van der Waals surface area contributed by atoms with Crippen molar-refractivity contribution in [1.82, 2.24) is 9.80 Å². The van der Waals surface area contributed by atoms with Crippen LogP contribution in [-0.2, 0) is 16.1 Å². The molecule has 2 aromatic rings. The zero-order chi connectivity index (χ0) is 19.9. The van der Waals surface area contributed by atoms with Crippen LogP contribution >= 0.6 is 11.6 Å². The number of hydrogen-bond acceptors (Lipinski definition) is 4. The first kappa shape index (κ1) is 20.8. The highest BCUT2D eigenvalue weighted by Gasteiger charge is 2.15. The zero-order valence-electron chi connectivity index (χ0n) is 16.5. The Hall–Kier alpha value is -1.92. The van der Waals surface area contributed by atoms with Gasteiger partial charge >= 0.3 is 0 Å². The Morgan fingerprint density at radius 3 is 2.61 bits per heavy atom. The molecule has 0 radical (unpaired) electrons. The Bertz CT molecular complexity index is 776. The number of likely N-dealkylation sites (N-methyl/N-ethyl adjacent to an activating group) is 1. The van der Waals surface area contributed by atoms with Crippen LogP contribution in [0.5, 0.6) is 0 Å². The normalized spacial score (nSPS) is 16.1. The number of nitrogens with one attached hydrogen (secondary N) is 1. The van der Waals surface area contributed by atoms with E-state index >= 15 is 0 Å². The van der Waals surface area contributed by atoms with Gasteiger partial charge in [-0.1, -0.05) is 35.9 Å². The number of anilines is 1. The lowest BCUT2D eigenvalue weighted by Crippen LogP contribution is -2.35. The summed E-state index contributed by atoms with van der Waals surface area (Å²) in [6.45, 7) is 6.83.